The maximum atomic E-state index is 12.1. The molecule has 1 N–H and O–H groups in total. The lowest BCUT2D eigenvalue weighted by atomic mass is 10.0. The van der Waals surface area contributed by atoms with Crippen LogP contribution in [0, 0.1) is 0 Å². The normalized spacial score (nSPS) is 17.7. The molecule has 176 valence electrons. The van der Waals surface area contributed by atoms with Crippen LogP contribution in [0.2, 0.25) is 0 Å². The van der Waals surface area contributed by atoms with Crippen LogP contribution in [-0.2, 0) is 20.7 Å². The van der Waals surface area contributed by atoms with Gasteiger partial charge in [0.1, 0.15) is 18.5 Å². The second kappa shape index (κ2) is 11.1. The van der Waals surface area contributed by atoms with Gasteiger partial charge in [0.2, 0.25) is 0 Å². The minimum absolute atomic E-state index is 0.0680. The minimum Gasteiger partial charge on any atom is -0.490 e. The van der Waals surface area contributed by atoms with E-state index in [1.807, 2.05) is 69.3 Å². The Morgan fingerprint density at radius 3 is 2.36 bits per heavy atom. The van der Waals surface area contributed by atoms with E-state index >= 15 is 0 Å². The summed E-state index contributed by atoms with van der Waals surface area (Å²) < 4.78 is 17.0. The number of nitrogens with one attached hydrogen (secondary N) is 1. The zero-order chi connectivity index (χ0) is 23.8. The highest BCUT2D eigenvalue weighted by Gasteiger charge is 2.49. The molecule has 6 nitrogen and oxygen atoms in total. The van der Waals surface area contributed by atoms with E-state index in [9.17, 15) is 9.59 Å². The van der Waals surface area contributed by atoms with Crippen LogP contribution < -0.4 is 10.1 Å². The lowest BCUT2D eigenvalue weighted by Gasteiger charge is -2.17. The zero-order valence-electron chi connectivity index (χ0n) is 19.8. The van der Waals surface area contributed by atoms with E-state index in [1.54, 1.807) is 12.1 Å². The molecule has 1 heterocycles. The average molecular weight is 452 g/mol. The summed E-state index contributed by atoms with van der Waals surface area (Å²) in [7, 11) is 0. The van der Waals surface area contributed by atoms with Gasteiger partial charge in [-0.25, -0.2) is 0 Å². The summed E-state index contributed by atoms with van der Waals surface area (Å²) in [6, 6.07) is 17.0. The molecular weight excluding hydrogens is 418 g/mol. The number of ether oxygens (including phenoxy) is 3. The van der Waals surface area contributed by atoms with Crippen LogP contribution in [0.1, 0.15) is 50.0 Å². The molecule has 0 aromatic heterocycles. The van der Waals surface area contributed by atoms with Gasteiger partial charge in [-0.05, 0) is 68.7 Å². The molecule has 2 atom stereocenters. The van der Waals surface area contributed by atoms with E-state index in [0.29, 0.717) is 25.1 Å². The third kappa shape index (κ3) is 7.75. The summed E-state index contributed by atoms with van der Waals surface area (Å²) in [6.45, 7) is 8.38. The number of carbonyl (C=O) groups excluding carboxylic acids is 2. The first-order valence-corrected chi connectivity index (χ1v) is 11.3. The van der Waals surface area contributed by atoms with E-state index in [1.165, 1.54) is 6.92 Å². The predicted octanol–water partition coefficient (Wildman–Crippen LogP) is 4.48. The van der Waals surface area contributed by atoms with Gasteiger partial charge in [0.05, 0.1) is 11.7 Å². The first-order chi connectivity index (χ1) is 15.7. The van der Waals surface area contributed by atoms with Gasteiger partial charge in [0.25, 0.3) is 5.91 Å². The van der Waals surface area contributed by atoms with Crippen LogP contribution in [0.15, 0.2) is 66.2 Å². The molecule has 1 saturated heterocycles. The lowest BCUT2D eigenvalue weighted by Crippen LogP contribution is -2.25. The van der Waals surface area contributed by atoms with Gasteiger partial charge in [-0.1, -0.05) is 30.3 Å². The molecule has 2 aromatic rings. The van der Waals surface area contributed by atoms with Gasteiger partial charge in [0, 0.05) is 25.5 Å². The molecule has 0 saturated carbocycles. The number of hydrogen-bond donors (Lipinski definition) is 1. The lowest BCUT2D eigenvalue weighted by molar-refractivity contribution is -0.145. The fraction of sp³-hybridized carbons (Fsp3) is 0.407. The highest BCUT2D eigenvalue weighted by molar-refractivity contribution is 5.94. The number of epoxide rings is 1. The minimum atomic E-state index is -0.314. The molecular formula is C27H33NO5. The van der Waals surface area contributed by atoms with Gasteiger partial charge < -0.3 is 19.5 Å². The van der Waals surface area contributed by atoms with Crippen molar-refractivity contribution in [2.75, 3.05) is 13.2 Å². The number of esters is 1. The van der Waals surface area contributed by atoms with Crippen molar-refractivity contribution in [3.63, 3.8) is 0 Å². The second-order valence-electron chi connectivity index (χ2n) is 8.82. The Balaban J connectivity index is 1.43. The standard InChI is InChI=1S/C27H33NO5/c1-19(24(32-20(2)29)18-25-27(3,4)33-25)15-17-31-23-12-10-21(11-13-23)14-16-28-26(30)22-8-6-5-7-9-22/h5-13,15,24-25H,14,16-18H2,1-4H3,(H,28,30)/b19-15-. The van der Waals surface area contributed by atoms with E-state index < -0.39 is 0 Å². The predicted molar refractivity (Wildman–Crippen MR) is 127 cm³/mol. The van der Waals surface area contributed by atoms with Crippen LogP contribution in [0.4, 0.5) is 0 Å². The Morgan fingerprint density at radius 2 is 1.76 bits per heavy atom. The third-order valence-electron chi connectivity index (χ3n) is 5.72. The van der Waals surface area contributed by atoms with Gasteiger partial charge in [0.15, 0.2) is 0 Å². The van der Waals surface area contributed by atoms with Gasteiger partial charge in [-0.2, -0.15) is 0 Å². The Bertz CT molecular complexity index is 966. The van der Waals surface area contributed by atoms with Crippen LogP contribution in [0.25, 0.3) is 0 Å². The highest BCUT2D eigenvalue weighted by atomic mass is 16.6. The molecule has 0 aliphatic carbocycles. The average Bonchev–Trinajstić information content (AvgIpc) is 3.40. The summed E-state index contributed by atoms with van der Waals surface area (Å²) >= 11 is 0. The van der Waals surface area contributed by atoms with Crippen molar-refractivity contribution < 1.29 is 23.8 Å². The quantitative estimate of drug-likeness (QED) is 0.310. The monoisotopic (exact) mass is 451 g/mol. The van der Waals surface area contributed by atoms with E-state index in [2.05, 4.69) is 5.32 Å². The number of benzene rings is 2. The molecule has 0 spiro atoms. The summed E-state index contributed by atoms with van der Waals surface area (Å²) in [5.74, 6) is 0.385. The summed E-state index contributed by atoms with van der Waals surface area (Å²) in [6.07, 6.45) is 3.10. The van der Waals surface area contributed by atoms with E-state index in [0.717, 1.165) is 23.3 Å². The van der Waals surface area contributed by atoms with Crippen molar-refractivity contribution >= 4 is 11.9 Å². The molecule has 33 heavy (non-hydrogen) atoms. The van der Waals surface area contributed by atoms with Crippen molar-refractivity contribution in [2.45, 2.75) is 58.3 Å². The van der Waals surface area contributed by atoms with E-state index in [4.69, 9.17) is 14.2 Å². The van der Waals surface area contributed by atoms with Gasteiger partial charge >= 0.3 is 5.97 Å². The van der Waals surface area contributed by atoms with Crippen molar-refractivity contribution in [3.8, 4) is 5.75 Å². The molecule has 0 bridgehead atoms. The number of rotatable bonds is 11. The van der Waals surface area contributed by atoms with Crippen LogP contribution in [0.3, 0.4) is 0 Å². The smallest absolute Gasteiger partial charge is 0.303 e. The molecule has 1 aliphatic rings. The highest BCUT2D eigenvalue weighted by Crippen LogP contribution is 2.39. The second-order valence-corrected chi connectivity index (χ2v) is 8.82. The Kier molecular flexibility index (Phi) is 8.28. The molecule has 6 heteroatoms. The maximum Gasteiger partial charge on any atom is 0.303 e. The Morgan fingerprint density at radius 1 is 1.09 bits per heavy atom. The third-order valence-corrected chi connectivity index (χ3v) is 5.72. The summed E-state index contributed by atoms with van der Waals surface area (Å²) in [4.78, 5) is 23.6. The fourth-order valence-corrected chi connectivity index (χ4v) is 3.55. The molecule has 1 fully saturated rings. The largest absolute Gasteiger partial charge is 0.490 e. The van der Waals surface area contributed by atoms with Crippen molar-refractivity contribution in [2.24, 2.45) is 0 Å². The van der Waals surface area contributed by atoms with Gasteiger partial charge in [-0.3, -0.25) is 9.59 Å². The molecule has 0 radical (unpaired) electrons. The van der Waals surface area contributed by atoms with Crippen LogP contribution in [-0.4, -0.2) is 42.8 Å². The van der Waals surface area contributed by atoms with Gasteiger partial charge in [-0.15, -0.1) is 0 Å². The molecule has 2 unspecified atom stereocenters. The summed E-state index contributed by atoms with van der Waals surface area (Å²) in [5.41, 5.74) is 2.57. The van der Waals surface area contributed by atoms with Crippen molar-refractivity contribution in [1.29, 1.82) is 0 Å². The van der Waals surface area contributed by atoms with Crippen molar-refractivity contribution in [1.82, 2.24) is 5.32 Å². The number of carbonyl (C=O) groups is 2. The zero-order valence-corrected chi connectivity index (χ0v) is 19.8. The first kappa shape index (κ1) is 24.5. The SMILES string of the molecule is CC(=O)OC(CC1OC1(C)C)/C(C)=C\COc1ccc(CCNC(=O)c2ccccc2)cc1. The maximum absolute atomic E-state index is 12.1. The van der Waals surface area contributed by atoms with Crippen molar-refractivity contribution in [3.05, 3.63) is 77.4 Å². The molecule has 3 rings (SSSR count). The first-order valence-electron chi connectivity index (χ1n) is 11.3. The molecule has 1 aliphatic heterocycles. The molecule has 2 aromatic carbocycles. The number of amides is 1. The van der Waals surface area contributed by atoms with E-state index in [-0.39, 0.29) is 29.7 Å². The van der Waals surface area contributed by atoms with Crippen LogP contribution >= 0.6 is 0 Å². The molecule has 1 amide bonds. The Labute approximate surface area is 195 Å². The summed E-state index contributed by atoms with van der Waals surface area (Å²) in [5, 5.41) is 2.93. The topological polar surface area (TPSA) is 77.2 Å². The Hall–Kier alpha value is -3.12. The van der Waals surface area contributed by atoms with Crippen LogP contribution in [0.5, 0.6) is 5.75 Å². The number of hydrogen-bond acceptors (Lipinski definition) is 5. The fourth-order valence-electron chi connectivity index (χ4n) is 3.55.